The molecular formula is C10H11N3O3. The van der Waals surface area contributed by atoms with E-state index in [-0.39, 0.29) is 12.5 Å². The van der Waals surface area contributed by atoms with Crippen LogP contribution in [0.2, 0.25) is 0 Å². The summed E-state index contributed by atoms with van der Waals surface area (Å²) in [4.78, 5) is 23.3. The lowest BCUT2D eigenvalue weighted by molar-refractivity contribution is -0.118. The van der Waals surface area contributed by atoms with Crippen molar-refractivity contribution >= 4 is 23.3 Å². The van der Waals surface area contributed by atoms with Crippen LogP contribution in [0.4, 0.5) is 16.2 Å². The standard InChI is InChI=1S/C10H11N3O3/c1-13(10(11)15)6-2-3-8-7(4-6)12-9(14)5-16-8/h2-4H,5H2,1H3,(H2,11,15)(H,12,14). The van der Waals surface area contributed by atoms with Gasteiger partial charge in [-0.3, -0.25) is 9.69 Å². The maximum absolute atomic E-state index is 11.1. The van der Waals surface area contributed by atoms with Gasteiger partial charge >= 0.3 is 6.03 Å². The molecule has 0 spiro atoms. The van der Waals surface area contributed by atoms with Crippen LogP contribution >= 0.6 is 0 Å². The highest BCUT2D eigenvalue weighted by Gasteiger charge is 2.17. The van der Waals surface area contributed by atoms with Crippen LogP contribution in [0.1, 0.15) is 0 Å². The van der Waals surface area contributed by atoms with Gasteiger partial charge in [-0.05, 0) is 18.2 Å². The van der Waals surface area contributed by atoms with E-state index >= 15 is 0 Å². The monoisotopic (exact) mass is 221 g/mol. The van der Waals surface area contributed by atoms with E-state index in [1.165, 1.54) is 4.90 Å². The fourth-order valence-corrected chi connectivity index (χ4v) is 1.41. The molecule has 16 heavy (non-hydrogen) atoms. The fraction of sp³-hybridized carbons (Fsp3) is 0.200. The molecule has 0 fully saturated rings. The van der Waals surface area contributed by atoms with Crippen LogP contribution < -0.4 is 20.7 Å². The van der Waals surface area contributed by atoms with E-state index in [2.05, 4.69) is 5.32 Å². The van der Waals surface area contributed by atoms with Crippen molar-refractivity contribution in [1.82, 2.24) is 0 Å². The topological polar surface area (TPSA) is 84.7 Å². The van der Waals surface area contributed by atoms with Crippen molar-refractivity contribution in [3.8, 4) is 5.75 Å². The number of primary amides is 1. The molecule has 3 N–H and O–H groups in total. The van der Waals surface area contributed by atoms with Crippen molar-refractivity contribution in [2.45, 2.75) is 0 Å². The number of nitrogens with one attached hydrogen (secondary N) is 1. The second-order valence-corrected chi connectivity index (χ2v) is 3.41. The molecule has 1 aliphatic heterocycles. The molecule has 0 atom stereocenters. The molecule has 3 amide bonds. The van der Waals surface area contributed by atoms with Gasteiger partial charge in [0, 0.05) is 12.7 Å². The third kappa shape index (κ3) is 1.77. The number of hydrogen-bond donors (Lipinski definition) is 2. The molecule has 0 saturated heterocycles. The minimum absolute atomic E-state index is 0.0119. The van der Waals surface area contributed by atoms with Crippen LogP contribution in [0.15, 0.2) is 18.2 Å². The van der Waals surface area contributed by atoms with Crippen LogP contribution in [-0.2, 0) is 4.79 Å². The first-order valence-electron chi connectivity index (χ1n) is 4.68. The summed E-state index contributed by atoms with van der Waals surface area (Å²) in [6.07, 6.45) is 0. The molecule has 6 nitrogen and oxygen atoms in total. The summed E-state index contributed by atoms with van der Waals surface area (Å²) in [7, 11) is 1.55. The van der Waals surface area contributed by atoms with Gasteiger partial charge in [-0.15, -0.1) is 0 Å². The molecule has 6 heteroatoms. The minimum Gasteiger partial charge on any atom is -0.482 e. The lowest BCUT2D eigenvalue weighted by Crippen LogP contribution is -2.32. The number of nitrogens with two attached hydrogens (primary N) is 1. The first-order chi connectivity index (χ1) is 7.58. The van der Waals surface area contributed by atoms with Crippen molar-refractivity contribution < 1.29 is 14.3 Å². The van der Waals surface area contributed by atoms with E-state index in [1.54, 1.807) is 25.2 Å². The maximum atomic E-state index is 11.1. The number of ether oxygens (including phenoxy) is 1. The number of anilines is 2. The van der Waals surface area contributed by atoms with Gasteiger partial charge in [-0.2, -0.15) is 0 Å². The van der Waals surface area contributed by atoms with Gasteiger partial charge < -0.3 is 15.8 Å². The Kier molecular flexibility index (Phi) is 2.40. The van der Waals surface area contributed by atoms with Gasteiger partial charge in [0.1, 0.15) is 5.75 Å². The summed E-state index contributed by atoms with van der Waals surface area (Å²) in [6.45, 7) is 0.0119. The van der Waals surface area contributed by atoms with Gasteiger partial charge in [0.05, 0.1) is 5.69 Å². The van der Waals surface area contributed by atoms with Gasteiger partial charge in [0.15, 0.2) is 6.61 Å². The lowest BCUT2D eigenvalue weighted by Gasteiger charge is -2.21. The van der Waals surface area contributed by atoms with E-state index in [4.69, 9.17) is 10.5 Å². The number of hydrogen-bond acceptors (Lipinski definition) is 3. The summed E-state index contributed by atoms with van der Waals surface area (Å²) in [5.41, 5.74) is 6.28. The molecule has 0 bridgehead atoms. The number of carbonyl (C=O) groups is 2. The van der Waals surface area contributed by atoms with Crippen molar-refractivity contribution in [2.75, 3.05) is 23.9 Å². The van der Waals surface area contributed by atoms with E-state index in [0.717, 1.165) is 0 Å². The molecule has 0 saturated carbocycles. The molecule has 1 aliphatic rings. The van der Waals surface area contributed by atoms with Gasteiger partial charge in [0.2, 0.25) is 0 Å². The van der Waals surface area contributed by atoms with E-state index < -0.39 is 6.03 Å². The number of amides is 3. The van der Waals surface area contributed by atoms with Gasteiger partial charge in [-0.1, -0.05) is 0 Å². The Morgan fingerprint density at radius 2 is 2.31 bits per heavy atom. The van der Waals surface area contributed by atoms with Crippen molar-refractivity contribution in [3.63, 3.8) is 0 Å². The summed E-state index contributed by atoms with van der Waals surface area (Å²) in [5.74, 6) is 0.368. The average molecular weight is 221 g/mol. The lowest BCUT2D eigenvalue weighted by atomic mass is 10.2. The number of benzene rings is 1. The van der Waals surface area contributed by atoms with Crippen molar-refractivity contribution in [1.29, 1.82) is 0 Å². The maximum Gasteiger partial charge on any atom is 0.318 e. The number of rotatable bonds is 1. The van der Waals surface area contributed by atoms with Crippen molar-refractivity contribution in [2.24, 2.45) is 5.73 Å². The third-order valence-corrected chi connectivity index (χ3v) is 2.31. The van der Waals surface area contributed by atoms with Crippen LogP contribution in [0.5, 0.6) is 5.75 Å². The summed E-state index contributed by atoms with van der Waals surface area (Å²) in [6, 6.07) is 4.45. The second-order valence-electron chi connectivity index (χ2n) is 3.41. The Morgan fingerprint density at radius 1 is 1.56 bits per heavy atom. The quantitative estimate of drug-likeness (QED) is 0.725. The summed E-state index contributed by atoms with van der Waals surface area (Å²) in [5, 5.41) is 2.65. The van der Waals surface area contributed by atoms with Crippen molar-refractivity contribution in [3.05, 3.63) is 18.2 Å². The van der Waals surface area contributed by atoms with Gasteiger partial charge in [0.25, 0.3) is 5.91 Å². The van der Waals surface area contributed by atoms with Crippen LogP contribution in [-0.4, -0.2) is 25.6 Å². The number of carbonyl (C=O) groups excluding carboxylic acids is 2. The highest BCUT2D eigenvalue weighted by atomic mass is 16.5. The first kappa shape index (κ1) is 10.3. The molecule has 2 rings (SSSR count). The Morgan fingerprint density at radius 3 is 3.00 bits per heavy atom. The molecule has 0 aromatic heterocycles. The number of urea groups is 1. The second kappa shape index (κ2) is 3.73. The zero-order valence-electron chi connectivity index (χ0n) is 8.69. The van der Waals surface area contributed by atoms with Crippen LogP contribution in [0.25, 0.3) is 0 Å². The third-order valence-electron chi connectivity index (χ3n) is 2.31. The normalized spacial score (nSPS) is 13.4. The average Bonchev–Trinajstić information content (AvgIpc) is 2.26. The molecule has 0 unspecified atom stereocenters. The van der Waals surface area contributed by atoms with Crippen LogP contribution in [0.3, 0.4) is 0 Å². The molecule has 1 heterocycles. The minimum atomic E-state index is -0.567. The van der Waals surface area contributed by atoms with Gasteiger partial charge in [-0.25, -0.2) is 4.79 Å². The largest absolute Gasteiger partial charge is 0.482 e. The van der Waals surface area contributed by atoms with E-state index in [0.29, 0.717) is 17.1 Å². The van der Waals surface area contributed by atoms with E-state index in [1.807, 2.05) is 0 Å². The molecule has 0 radical (unpaired) electrons. The van der Waals surface area contributed by atoms with Crippen LogP contribution in [0, 0.1) is 0 Å². The predicted octanol–water partition coefficient (Wildman–Crippen LogP) is 0.532. The Bertz CT molecular complexity index is 459. The fourth-order valence-electron chi connectivity index (χ4n) is 1.41. The molecule has 84 valence electrons. The summed E-state index contributed by atoms with van der Waals surface area (Å²) >= 11 is 0. The highest BCUT2D eigenvalue weighted by Crippen LogP contribution is 2.31. The zero-order chi connectivity index (χ0) is 11.7. The molecule has 1 aromatic rings. The number of fused-ring (bicyclic) bond motifs is 1. The SMILES string of the molecule is CN(C(N)=O)c1ccc2c(c1)NC(=O)CO2. The molecular weight excluding hydrogens is 210 g/mol. The number of nitrogens with zero attached hydrogens (tertiary/aromatic N) is 1. The Balaban J connectivity index is 2.34. The Labute approximate surface area is 92.0 Å². The smallest absolute Gasteiger partial charge is 0.318 e. The molecule has 1 aromatic carbocycles. The van der Waals surface area contributed by atoms with E-state index in [9.17, 15) is 9.59 Å². The highest BCUT2D eigenvalue weighted by molar-refractivity contribution is 5.97. The zero-order valence-corrected chi connectivity index (χ0v) is 8.69. The first-order valence-corrected chi connectivity index (χ1v) is 4.68. The molecule has 0 aliphatic carbocycles. The predicted molar refractivity (Wildman–Crippen MR) is 58.6 cm³/mol. The summed E-state index contributed by atoms with van der Waals surface area (Å²) < 4.78 is 5.18. The Hall–Kier alpha value is -2.24.